The van der Waals surface area contributed by atoms with Crippen LogP contribution in [0.4, 0.5) is 5.82 Å². The lowest BCUT2D eigenvalue weighted by Gasteiger charge is -2.14. The minimum absolute atomic E-state index is 0.114. The van der Waals surface area contributed by atoms with E-state index in [9.17, 15) is 4.79 Å². The molecule has 0 spiro atoms. The SMILES string of the molecule is CC(C)C(C)C(=O)OCCOCn1cnc2c(N)ncnc21. The van der Waals surface area contributed by atoms with E-state index in [1.807, 2.05) is 20.8 Å². The standard InChI is InChI=1S/C14H21N5O3/c1-9(2)10(3)14(20)22-5-4-21-8-19-7-18-11-12(15)16-6-17-13(11)19/h6-7,9-10H,4-5,8H2,1-3H3,(H2,15,16,17). The van der Waals surface area contributed by atoms with Crippen molar-refractivity contribution < 1.29 is 14.3 Å². The van der Waals surface area contributed by atoms with E-state index in [2.05, 4.69) is 15.0 Å². The normalized spacial score (nSPS) is 12.7. The number of anilines is 1. The highest BCUT2D eigenvalue weighted by Crippen LogP contribution is 2.14. The van der Waals surface area contributed by atoms with Crippen molar-refractivity contribution in [2.75, 3.05) is 18.9 Å². The number of nitrogens with two attached hydrogens (primary N) is 1. The quantitative estimate of drug-likeness (QED) is 0.605. The number of carbonyl (C=O) groups is 1. The molecule has 120 valence electrons. The molecule has 2 aromatic heterocycles. The number of fused-ring (bicyclic) bond motifs is 1. The number of esters is 1. The lowest BCUT2D eigenvalue weighted by molar-refractivity contribution is -0.151. The molecular weight excluding hydrogens is 286 g/mol. The number of nitrogens with zero attached hydrogens (tertiary/aromatic N) is 4. The number of rotatable bonds is 7. The van der Waals surface area contributed by atoms with Gasteiger partial charge in [-0.3, -0.25) is 9.36 Å². The van der Waals surface area contributed by atoms with Crippen LogP contribution in [0.3, 0.4) is 0 Å². The molecular formula is C14H21N5O3. The Labute approximate surface area is 128 Å². The molecule has 1 unspecified atom stereocenters. The zero-order chi connectivity index (χ0) is 16.1. The van der Waals surface area contributed by atoms with Crippen LogP contribution in [-0.4, -0.2) is 38.7 Å². The van der Waals surface area contributed by atoms with Crippen LogP contribution in [0.15, 0.2) is 12.7 Å². The van der Waals surface area contributed by atoms with E-state index in [4.69, 9.17) is 15.2 Å². The first-order chi connectivity index (χ1) is 10.5. The molecule has 0 saturated heterocycles. The molecule has 2 aromatic rings. The number of carbonyl (C=O) groups excluding carboxylic acids is 1. The van der Waals surface area contributed by atoms with Crippen molar-refractivity contribution in [3.05, 3.63) is 12.7 Å². The zero-order valence-corrected chi connectivity index (χ0v) is 13.0. The fraction of sp³-hybridized carbons (Fsp3) is 0.571. The first kappa shape index (κ1) is 16.2. The van der Waals surface area contributed by atoms with Crippen molar-refractivity contribution >= 4 is 23.0 Å². The summed E-state index contributed by atoms with van der Waals surface area (Å²) < 4.78 is 12.3. The molecule has 0 fully saturated rings. The molecule has 22 heavy (non-hydrogen) atoms. The number of imidazole rings is 1. The molecule has 8 heteroatoms. The van der Waals surface area contributed by atoms with E-state index in [1.54, 1.807) is 10.9 Å². The van der Waals surface area contributed by atoms with Gasteiger partial charge in [-0.25, -0.2) is 15.0 Å². The van der Waals surface area contributed by atoms with Crippen LogP contribution in [0.1, 0.15) is 20.8 Å². The summed E-state index contributed by atoms with van der Waals surface area (Å²) in [5.74, 6) is 0.278. The summed E-state index contributed by atoms with van der Waals surface area (Å²) in [5.41, 5.74) is 6.86. The predicted octanol–water partition coefficient (Wildman–Crippen LogP) is 1.22. The van der Waals surface area contributed by atoms with Crippen LogP contribution in [0, 0.1) is 11.8 Å². The Kier molecular flexibility index (Phi) is 5.26. The minimum atomic E-state index is -0.202. The van der Waals surface area contributed by atoms with Crippen molar-refractivity contribution in [3.8, 4) is 0 Å². The molecule has 0 aliphatic rings. The Morgan fingerprint density at radius 1 is 1.27 bits per heavy atom. The molecule has 0 saturated carbocycles. The van der Waals surface area contributed by atoms with E-state index in [0.717, 1.165) is 0 Å². The van der Waals surface area contributed by atoms with Gasteiger partial charge < -0.3 is 15.2 Å². The topological polar surface area (TPSA) is 105 Å². The summed E-state index contributed by atoms with van der Waals surface area (Å²) in [6.45, 7) is 6.61. The molecule has 2 rings (SSSR count). The second-order valence-corrected chi connectivity index (χ2v) is 5.38. The maximum Gasteiger partial charge on any atom is 0.308 e. The van der Waals surface area contributed by atoms with Gasteiger partial charge in [0.2, 0.25) is 0 Å². The molecule has 2 heterocycles. The van der Waals surface area contributed by atoms with Gasteiger partial charge in [0.25, 0.3) is 0 Å². The fourth-order valence-electron chi connectivity index (χ4n) is 1.76. The van der Waals surface area contributed by atoms with E-state index in [1.165, 1.54) is 6.33 Å². The van der Waals surface area contributed by atoms with Crippen molar-refractivity contribution in [3.63, 3.8) is 0 Å². The largest absolute Gasteiger partial charge is 0.463 e. The lowest BCUT2D eigenvalue weighted by atomic mass is 9.99. The average Bonchev–Trinajstić information content (AvgIpc) is 2.90. The summed E-state index contributed by atoms with van der Waals surface area (Å²) >= 11 is 0. The average molecular weight is 307 g/mol. The maximum atomic E-state index is 11.7. The Bertz CT molecular complexity index is 640. The third-order valence-corrected chi connectivity index (χ3v) is 3.50. The number of ether oxygens (including phenoxy) is 2. The minimum Gasteiger partial charge on any atom is -0.463 e. The van der Waals surface area contributed by atoms with E-state index < -0.39 is 0 Å². The summed E-state index contributed by atoms with van der Waals surface area (Å²) in [7, 11) is 0. The van der Waals surface area contributed by atoms with Crippen molar-refractivity contribution in [1.29, 1.82) is 0 Å². The fourth-order valence-corrected chi connectivity index (χ4v) is 1.76. The molecule has 8 nitrogen and oxygen atoms in total. The molecule has 0 amide bonds. The number of hydrogen-bond donors (Lipinski definition) is 1. The van der Waals surface area contributed by atoms with Gasteiger partial charge in [-0.1, -0.05) is 20.8 Å². The van der Waals surface area contributed by atoms with Crippen molar-refractivity contribution in [2.24, 2.45) is 11.8 Å². The first-order valence-electron chi connectivity index (χ1n) is 7.16. The number of hydrogen-bond acceptors (Lipinski definition) is 7. The second-order valence-electron chi connectivity index (χ2n) is 5.38. The highest BCUT2D eigenvalue weighted by molar-refractivity contribution is 5.80. The highest BCUT2D eigenvalue weighted by Gasteiger charge is 2.17. The van der Waals surface area contributed by atoms with Crippen LogP contribution in [0.2, 0.25) is 0 Å². The van der Waals surface area contributed by atoms with E-state index >= 15 is 0 Å². The zero-order valence-electron chi connectivity index (χ0n) is 13.0. The molecule has 0 aliphatic carbocycles. The van der Waals surface area contributed by atoms with Crippen molar-refractivity contribution in [1.82, 2.24) is 19.5 Å². The molecule has 0 aliphatic heterocycles. The van der Waals surface area contributed by atoms with Gasteiger partial charge >= 0.3 is 5.97 Å². The summed E-state index contributed by atoms with van der Waals surface area (Å²) in [5, 5.41) is 0. The van der Waals surface area contributed by atoms with Crippen LogP contribution in [0.25, 0.3) is 11.2 Å². The lowest BCUT2D eigenvalue weighted by Crippen LogP contribution is -2.21. The van der Waals surface area contributed by atoms with Crippen LogP contribution < -0.4 is 5.73 Å². The summed E-state index contributed by atoms with van der Waals surface area (Å²) in [6, 6.07) is 0. The van der Waals surface area contributed by atoms with Gasteiger partial charge in [-0.05, 0) is 5.92 Å². The van der Waals surface area contributed by atoms with Crippen molar-refractivity contribution in [2.45, 2.75) is 27.5 Å². The number of aromatic nitrogens is 4. The van der Waals surface area contributed by atoms with Gasteiger partial charge in [0.05, 0.1) is 18.9 Å². The Morgan fingerprint density at radius 3 is 2.77 bits per heavy atom. The molecule has 0 aromatic carbocycles. The van der Waals surface area contributed by atoms with Gasteiger partial charge in [0.1, 0.15) is 25.2 Å². The summed E-state index contributed by atoms with van der Waals surface area (Å²) in [4.78, 5) is 23.8. The Balaban J connectivity index is 1.77. The van der Waals surface area contributed by atoms with Gasteiger partial charge in [0, 0.05) is 0 Å². The van der Waals surface area contributed by atoms with E-state index in [0.29, 0.717) is 23.6 Å². The van der Waals surface area contributed by atoms with Crippen LogP contribution in [-0.2, 0) is 21.0 Å². The monoisotopic (exact) mass is 307 g/mol. The van der Waals surface area contributed by atoms with E-state index in [-0.39, 0.29) is 31.1 Å². The first-order valence-corrected chi connectivity index (χ1v) is 7.16. The smallest absolute Gasteiger partial charge is 0.308 e. The van der Waals surface area contributed by atoms with Gasteiger partial charge in [-0.15, -0.1) is 0 Å². The second kappa shape index (κ2) is 7.17. The van der Waals surface area contributed by atoms with Crippen LogP contribution >= 0.6 is 0 Å². The third kappa shape index (κ3) is 3.70. The Morgan fingerprint density at radius 2 is 2.05 bits per heavy atom. The molecule has 2 N–H and O–H groups in total. The predicted molar refractivity (Wildman–Crippen MR) is 80.6 cm³/mol. The summed E-state index contributed by atoms with van der Waals surface area (Å²) in [6.07, 6.45) is 2.97. The Hall–Kier alpha value is -2.22. The number of nitrogen functional groups attached to an aromatic ring is 1. The van der Waals surface area contributed by atoms with Gasteiger partial charge in [-0.2, -0.15) is 0 Å². The third-order valence-electron chi connectivity index (χ3n) is 3.50. The van der Waals surface area contributed by atoms with Crippen LogP contribution in [0.5, 0.6) is 0 Å². The van der Waals surface area contributed by atoms with Gasteiger partial charge in [0.15, 0.2) is 11.5 Å². The maximum absolute atomic E-state index is 11.7. The molecule has 1 atom stereocenters. The molecule has 0 bridgehead atoms. The highest BCUT2D eigenvalue weighted by atomic mass is 16.6. The molecule has 0 radical (unpaired) electrons.